The van der Waals surface area contributed by atoms with Crippen molar-refractivity contribution in [1.29, 1.82) is 0 Å². The van der Waals surface area contributed by atoms with E-state index in [0.29, 0.717) is 11.8 Å². The minimum absolute atomic E-state index is 0.351. The SMILES string of the molecule is CN1CCc2nnc([C@H]3CCCN(C(=O)CCC4CCCC4)C3)n2CC1. The van der Waals surface area contributed by atoms with Gasteiger partial charge in [0.2, 0.25) is 5.91 Å². The van der Waals surface area contributed by atoms with Crippen LogP contribution in [0.5, 0.6) is 0 Å². The molecule has 0 radical (unpaired) electrons. The van der Waals surface area contributed by atoms with Crippen molar-refractivity contribution in [1.82, 2.24) is 24.6 Å². The number of amides is 1. The zero-order chi connectivity index (χ0) is 17.9. The number of rotatable bonds is 4. The van der Waals surface area contributed by atoms with E-state index < -0.39 is 0 Å². The number of hydrogen-bond donors (Lipinski definition) is 0. The first-order valence-electron chi connectivity index (χ1n) is 10.6. The highest BCUT2D eigenvalue weighted by Crippen LogP contribution is 2.30. The molecule has 1 saturated heterocycles. The zero-order valence-electron chi connectivity index (χ0n) is 16.2. The maximum atomic E-state index is 12.7. The van der Waals surface area contributed by atoms with Crippen LogP contribution in [-0.2, 0) is 17.8 Å². The van der Waals surface area contributed by atoms with Crippen LogP contribution < -0.4 is 0 Å². The fourth-order valence-electron chi connectivity index (χ4n) is 4.95. The Labute approximate surface area is 156 Å². The van der Waals surface area contributed by atoms with E-state index in [1.54, 1.807) is 0 Å². The van der Waals surface area contributed by atoms with Gasteiger partial charge in [0.1, 0.15) is 11.6 Å². The summed E-state index contributed by atoms with van der Waals surface area (Å²) in [6.07, 6.45) is 10.4. The predicted molar refractivity (Wildman–Crippen MR) is 101 cm³/mol. The average Bonchev–Trinajstić information content (AvgIpc) is 3.29. The first kappa shape index (κ1) is 18.0. The van der Waals surface area contributed by atoms with E-state index in [0.717, 1.165) is 82.4 Å². The van der Waals surface area contributed by atoms with E-state index >= 15 is 0 Å². The summed E-state index contributed by atoms with van der Waals surface area (Å²) >= 11 is 0. The molecule has 6 nitrogen and oxygen atoms in total. The summed E-state index contributed by atoms with van der Waals surface area (Å²) in [5, 5.41) is 9.02. The van der Waals surface area contributed by atoms with Gasteiger partial charge in [0, 0.05) is 51.5 Å². The van der Waals surface area contributed by atoms with Gasteiger partial charge in [0.05, 0.1) is 0 Å². The van der Waals surface area contributed by atoms with Crippen molar-refractivity contribution in [3.8, 4) is 0 Å². The van der Waals surface area contributed by atoms with E-state index in [-0.39, 0.29) is 0 Å². The van der Waals surface area contributed by atoms with Gasteiger partial charge in [-0.3, -0.25) is 4.79 Å². The lowest BCUT2D eigenvalue weighted by atomic mass is 9.95. The quantitative estimate of drug-likeness (QED) is 0.829. The number of likely N-dealkylation sites (N-methyl/N-ethyl adjacent to an activating group) is 1. The second-order valence-corrected chi connectivity index (χ2v) is 8.55. The minimum atomic E-state index is 0.351. The second kappa shape index (κ2) is 8.07. The van der Waals surface area contributed by atoms with Crippen molar-refractivity contribution < 1.29 is 4.79 Å². The third-order valence-electron chi connectivity index (χ3n) is 6.66. The molecule has 6 heteroatoms. The number of nitrogens with zero attached hydrogens (tertiary/aromatic N) is 5. The summed E-state index contributed by atoms with van der Waals surface area (Å²) < 4.78 is 2.33. The molecule has 26 heavy (non-hydrogen) atoms. The summed E-state index contributed by atoms with van der Waals surface area (Å²) in [7, 11) is 2.17. The molecule has 0 spiro atoms. The molecule has 3 aliphatic rings. The molecule has 0 unspecified atom stereocenters. The fraction of sp³-hybridized carbons (Fsp3) is 0.850. The smallest absolute Gasteiger partial charge is 0.222 e. The van der Waals surface area contributed by atoms with E-state index in [1.165, 1.54) is 25.7 Å². The van der Waals surface area contributed by atoms with E-state index in [9.17, 15) is 4.79 Å². The van der Waals surface area contributed by atoms with Gasteiger partial charge in [-0.05, 0) is 32.2 Å². The Bertz CT molecular complexity index is 622. The molecule has 1 aromatic heterocycles. The zero-order valence-corrected chi connectivity index (χ0v) is 16.2. The van der Waals surface area contributed by atoms with Crippen molar-refractivity contribution in [3.05, 3.63) is 11.6 Å². The van der Waals surface area contributed by atoms with E-state index in [4.69, 9.17) is 0 Å². The highest BCUT2D eigenvalue weighted by Gasteiger charge is 2.30. The largest absolute Gasteiger partial charge is 0.342 e. The average molecular weight is 360 g/mol. The summed E-state index contributed by atoms with van der Waals surface area (Å²) in [5.74, 6) is 3.74. The van der Waals surface area contributed by atoms with Crippen LogP contribution in [0.4, 0.5) is 0 Å². The molecule has 2 aliphatic heterocycles. The van der Waals surface area contributed by atoms with Crippen molar-refractivity contribution in [3.63, 3.8) is 0 Å². The van der Waals surface area contributed by atoms with Gasteiger partial charge in [0.25, 0.3) is 0 Å². The summed E-state index contributed by atoms with van der Waals surface area (Å²) in [5.41, 5.74) is 0. The Morgan fingerprint density at radius 1 is 1.04 bits per heavy atom. The number of carbonyl (C=O) groups is 1. The third kappa shape index (κ3) is 3.95. The standard InChI is InChI=1S/C20H33N5O/c1-23-12-10-18-21-22-20(25(18)14-13-23)17-7-4-11-24(15-17)19(26)9-8-16-5-2-3-6-16/h16-17H,2-15H2,1H3/t17-/m0/s1. The van der Waals surface area contributed by atoms with Crippen molar-refractivity contribution in [2.45, 2.75) is 70.3 Å². The molecular formula is C20H33N5O. The molecule has 1 aromatic rings. The van der Waals surface area contributed by atoms with Crippen molar-refractivity contribution in [2.75, 3.05) is 33.2 Å². The topological polar surface area (TPSA) is 54.3 Å². The first-order valence-corrected chi connectivity index (χ1v) is 10.6. The normalized spacial score (nSPS) is 25.3. The van der Waals surface area contributed by atoms with Crippen LogP contribution >= 0.6 is 0 Å². The maximum Gasteiger partial charge on any atom is 0.222 e. The molecule has 1 saturated carbocycles. The molecular weight excluding hydrogens is 326 g/mol. The molecule has 144 valence electrons. The van der Waals surface area contributed by atoms with Gasteiger partial charge in [-0.25, -0.2) is 0 Å². The Morgan fingerprint density at radius 2 is 1.88 bits per heavy atom. The molecule has 0 aromatic carbocycles. The lowest BCUT2D eigenvalue weighted by Crippen LogP contribution is -2.40. The van der Waals surface area contributed by atoms with Crippen LogP contribution in [0, 0.1) is 5.92 Å². The lowest BCUT2D eigenvalue weighted by molar-refractivity contribution is -0.132. The molecule has 3 heterocycles. The Morgan fingerprint density at radius 3 is 2.73 bits per heavy atom. The number of fused-ring (bicyclic) bond motifs is 1. The molecule has 4 rings (SSSR count). The maximum absolute atomic E-state index is 12.7. The van der Waals surface area contributed by atoms with E-state index in [1.807, 2.05) is 0 Å². The number of carbonyl (C=O) groups excluding carboxylic acids is 1. The second-order valence-electron chi connectivity index (χ2n) is 8.55. The highest BCUT2D eigenvalue weighted by atomic mass is 16.2. The van der Waals surface area contributed by atoms with Gasteiger partial charge in [0.15, 0.2) is 0 Å². The van der Waals surface area contributed by atoms with Gasteiger partial charge in [-0.1, -0.05) is 25.7 Å². The molecule has 1 amide bonds. The van der Waals surface area contributed by atoms with Gasteiger partial charge < -0.3 is 14.4 Å². The summed E-state index contributed by atoms with van der Waals surface area (Å²) in [6, 6.07) is 0. The fourth-order valence-corrected chi connectivity index (χ4v) is 4.95. The summed E-state index contributed by atoms with van der Waals surface area (Å²) in [4.78, 5) is 17.2. The third-order valence-corrected chi connectivity index (χ3v) is 6.66. The van der Waals surface area contributed by atoms with Crippen LogP contribution in [0.25, 0.3) is 0 Å². The highest BCUT2D eigenvalue weighted by molar-refractivity contribution is 5.76. The number of likely N-dealkylation sites (tertiary alicyclic amines) is 1. The Kier molecular flexibility index (Phi) is 5.57. The van der Waals surface area contributed by atoms with Gasteiger partial charge in [-0.2, -0.15) is 0 Å². The molecule has 0 N–H and O–H groups in total. The number of aromatic nitrogens is 3. The number of hydrogen-bond acceptors (Lipinski definition) is 4. The minimum Gasteiger partial charge on any atom is -0.342 e. The lowest BCUT2D eigenvalue weighted by Gasteiger charge is -2.33. The van der Waals surface area contributed by atoms with Gasteiger partial charge >= 0.3 is 0 Å². The molecule has 1 atom stereocenters. The van der Waals surface area contributed by atoms with Crippen LogP contribution in [0.15, 0.2) is 0 Å². The van der Waals surface area contributed by atoms with Crippen LogP contribution in [0.1, 0.15) is 68.9 Å². The van der Waals surface area contributed by atoms with Gasteiger partial charge in [-0.15, -0.1) is 10.2 Å². The van der Waals surface area contributed by atoms with Crippen molar-refractivity contribution >= 4 is 5.91 Å². The molecule has 2 fully saturated rings. The number of piperidine rings is 1. The van der Waals surface area contributed by atoms with Crippen molar-refractivity contribution in [2.24, 2.45) is 5.92 Å². The first-order chi connectivity index (χ1) is 12.7. The Balaban J connectivity index is 1.38. The monoisotopic (exact) mass is 359 g/mol. The Hall–Kier alpha value is -1.43. The molecule has 0 bridgehead atoms. The predicted octanol–water partition coefficient (Wildman–Crippen LogP) is 2.44. The molecule has 1 aliphatic carbocycles. The van der Waals surface area contributed by atoms with Crippen LogP contribution in [0.3, 0.4) is 0 Å². The van der Waals surface area contributed by atoms with Crippen LogP contribution in [-0.4, -0.2) is 63.7 Å². The van der Waals surface area contributed by atoms with E-state index in [2.05, 4.69) is 31.6 Å². The summed E-state index contributed by atoms with van der Waals surface area (Å²) in [6.45, 7) is 4.82. The van der Waals surface area contributed by atoms with Crippen LogP contribution in [0.2, 0.25) is 0 Å².